The van der Waals surface area contributed by atoms with Crippen molar-refractivity contribution in [3.05, 3.63) is 71.5 Å². The molecule has 5 rings (SSSR count). The van der Waals surface area contributed by atoms with Gasteiger partial charge in [0.1, 0.15) is 0 Å². The lowest BCUT2D eigenvalue weighted by Gasteiger charge is -2.08. The Labute approximate surface area is 160 Å². The van der Waals surface area contributed by atoms with E-state index >= 15 is 0 Å². The first-order valence-corrected chi connectivity index (χ1v) is 9.78. The molecule has 3 aromatic heterocycles. The first kappa shape index (κ1) is 16.2. The maximum Gasteiger partial charge on any atom is 0.196 e. The van der Waals surface area contributed by atoms with Gasteiger partial charge in [0.25, 0.3) is 0 Å². The summed E-state index contributed by atoms with van der Waals surface area (Å²) in [7, 11) is 0. The summed E-state index contributed by atoms with van der Waals surface area (Å²) in [6, 6.07) is 18.4. The van der Waals surface area contributed by atoms with Crippen molar-refractivity contribution in [3.63, 3.8) is 0 Å². The molecule has 0 fully saturated rings. The molecule has 0 saturated heterocycles. The van der Waals surface area contributed by atoms with Gasteiger partial charge in [0.05, 0.1) is 27.9 Å². The van der Waals surface area contributed by atoms with Crippen LogP contribution in [-0.2, 0) is 5.75 Å². The van der Waals surface area contributed by atoms with Gasteiger partial charge in [-0.1, -0.05) is 42.1 Å². The molecule has 0 spiro atoms. The van der Waals surface area contributed by atoms with E-state index in [-0.39, 0.29) is 0 Å². The highest BCUT2D eigenvalue weighted by molar-refractivity contribution is 7.98. The molecular weight excluding hydrogens is 354 g/mol. The van der Waals surface area contributed by atoms with Gasteiger partial charge in [0, 0.05) is 11.1 Å². The van der Waals surface area contributed by atoms with Gasteiger partial charge in [-0.25, -0.2) is 9.97 Å². The first-order chi connectivity index (χ1) is 13.2. The molecule has 132 valence electrons. The predicted molar refractivity (Wildman–Crippen MR) is 109 cm³/mol. The smallest absolute Gasteiger partial charge is 0.196 e. The highest BCUT2D eigenvalue weighted by Crippen LogP contribution is 2.28. The Balaban J connectivity index is 1.56. The molecule has 3 heterocycles. The molecular formula is C21H17N5S. The van der Waals surface area contributed by atoms with Gasteiger partial charge in [-0.2, -0.15) is 0 Å². The molecule has 0 aliphatic rings. The summed E-state index contributed by atoms with van der Waals surface area (Å²) in [6.07, 6.45) is 0. The molecule has 0 amide bonds. The van der Waals surface area contributed by atoms with Gasteiger partial charge in [0.2, 0.25) is 0 Å². The number of thioether (sulfide) groups is 1. The molecule has 2 aromatic carbocycles. The Kier molecular flexibility index (Phi) is 3.79. The second-order valence-corrected chi connectivity index (χ2v) is 7.50. The summed E-state index contributed by atoms with van der Waals surface area (Å²) in [5, 5.41) is 10.9. The Hall–Kier alpha value is -2.99. The minimum absolute atomic E-state index is 0.701. The van der Waals surface area contributed by atoms with Crippen molar-refractivity contribution in [3.8, 4) is 0 Å². The van der Waals surface area contributed by atoms with Crippen LogP contribution in [0.4, 0.5) is 0 Å². The SMILES string of the molecule is Cc1nc2ccccc2nc1CSc1nnc2cc(C)c3ccccc3n12. The summed E-state index contributed by atoms with van der Waals surface area (Å²) in [5.41, 5.74) is 6.99. The Morgan fingerprint density at radius 3 is 2.48 bits per heavy atom. The lowest BCUT2D eigenvalue weighted by atomic mass is 10.1. The zero-order valence-electron chi connectivity index (χ0n) is 15.0. The molecule has 6 heteroatoms. The van der Waals surface area contributed by atoms with Crippen LogP contribution >= 0.6 is 11.8 Å². The average Bonchev–Trinajstić information content (AvgIpc) is 3.09. The lowest BCUT2D eigenvalue weighted by molar-refractivity contribution is 0.937. The van der Waals surface area contributed by atoms with Crippen LogP contribution in [0.5, 0.6) is 0 Å². The summed E-state index contributed by atoms with van der Waals surface area (Å²) in [5.74, 6) is 0.701. The van der Waals surface area contributed by atoms with Gasteiger partial charge in [-0.15, -0.1) is 10.2 Å². The van der Waals surface area contributed by atoms with Gasteiger partial charge >= 0.3 is 0 Å². The molecule has 27 heavy (non-hydrogen) atoms. The second-order valence-electron chi connectivity index (χ2n) is 6.55. The first-order valence-electron chi connectivity index (χ1n) is 8.79. The number of aromatic nitrogens is 5. The van der Waals surface area contributed by atoms with E-state index in [1.165, 1.54) is 10.9 Å². The van der Waals surface area contributed by atoms with Crippen molar-refractivity contribution in [1.82, 2.24) is 24.6 Å². The van der Waals surface area contributed by atoms with Crippen LogP contribution in [0.15, 0.2) is 59.8 Å². The molecule has 0 saturated carbocycles. The van der Waals surface area contributed by atoms with Crippen LogP contribution < -0.4 is 0 Å². The second kappa shape index (κ2) is 6.32. The van der Waals surface area contributed by atoms with E-state index in [0.717, 1.165) is 38.7 Å². The fraction of sp³-hybridized carbons (Fsp3) is 0.143. The van der Waals surface area contributed by atoms with E-state index in [2.05, 4.69) is 56.8 Å². The Bertz CT molecular complexity index is 1310. The molecule has 0 N–H and O–H groups in total. The van der Waals surface area contributed by atoms with Crippen molar-refractivity contribution >= 4 is 39.3 Å². The topological polar surface area (TPSA) is 56.0 Å². The summed E-state index contributed by atoms with van der Waals surface area (Å²) < 4.78 is 2.12. The normalized spacial score (nSPS) is 11.6. The molecule has 5 nitrogen and oxygen atoms in total. The number of aryl methyl sites for hydroxylation is 2. The predicted octanol–water partition coefficient (Wildman–Crippen LogP) is 4.73. The van der Waals surface area contributed by atoms with Gasteiger partial charge in [-0.3, -0.25) is 4.40 Å². The van der Waals surface area contributed by atoms with Crippen LogP contribution in [-0.4, -0.2) is 24.6 Å². The van der Waals surface area contributed by atoms with E-state index in [1.54, 1.807) is 11.8 Å². The minimum Gasteiger partial charge on any atom is -0.270 e. The van der Waals surface area contributed by atoms with Gasteiger partial charge < -0.3 is 0 Å². The monoisotopic (exact) mass is 371 g/mol. The number of nitrogens with zero attached hydrogens (tertiary/aromatic N) is 5. The third-order valence-corrected chi connectivity index (χ3v) is 5.69. The fourth-order valence-electron chi connectivity index (χ4n) is 3.36. The standard InChI is InChI=1S/C21H17N5S/c1-13-11-20-24-25-21(26(20)19-10-6-3-7-15(13)19)27-12-18-14(2)22-16-8-4-5-9-17(16)23-18/h3-11H,12H2,1-2H3. The van der Waals surface area contributed by atoms with Gasteiger partial charge in [0.15, 0.2) is 10.8 Å². The third-order valence-electron chi connectivity index (χ3n) is 4.75. The molecule has 0 aliphatic carbocycles. The molecule has 5 aromatic rings. The number of fused-ring (bicyclic) bond motifs is 4. The van der Waals surface area contributed by atoms with E-state index in [1.807, 2.05) is 31.2 Å². The molecule has 0 bridgehead atoms. The fourth-order valence-corrected chi connectivity index (χ4v) is 4.32. The number of benzene rings is 2. The number of rotatable bonds is 3. The quantitative estimate of drug-likeness (QED) is 0.429. The van der Waals surface area contributed by atoms with E-state index in [4.69, 9.17) is 4.98 Å². The van der Waals surface area contributed by atoms with E-state index < -0.39 is 0 Å². The lowest BCUT2D eigenvalue weighted by Crippen LogP contribution is -1.98. The van der Waals surface area contributed by atoms with Crippen LogP contribution in [0, 0.1) is 13.8 Å². The third kappa shape index (κ3) is 2.73. The van der Waals surface area contributed by atoms with E-state index in [0.29, 0.717) is 5.75 Å². The maximum atomic E-state index is 4.79. The van der Waals surface area contributed by atoms with Crippen molar-refractivity contribution < 1.29 is 0 Å². The zero-order valence-corrected chi connectivity index (χ0v) is 15.9. The van der Waals surface area contributed by atoms with Crippen molar-refractivity contribution in [2.24, 2.45) is 0 Å². The zero-order chi connectivity index (χ0) is 18.4. The van der Waals surface area contributed by atoms with E-state index in [9.17, 15) is 0 Å². The molecule has 0 aliphatic heterocycles. The highest BCUT2D eigenvalue weighted by Gasteiger charge is 2.13. The molecule has 0 unspecified atom stereocenters. The number of pyridine rings is 1. The minimum atomic E-state index is 0.701. The Morgan fingerprint density at radius 1 is 0.889 bits per heavy atom. The van der Waals surface area contributed by atoms with Crippen molar-refractivity contribution in [1.29, 1.82) is 0 Å². The number of hydrogen-bond acceptors (Lipinski definition) is 5. The van der Waals surface area contributed by atoms with Crippen LogP contribution in [0.1, 0.15) is 17.0 Å². The van der Waals surface area contributed by atoms with Crippen molar-refractivity contribution in [2.45, 2.75) is 24.8 Å². The van der Waals surface area contributed by atoms with Crippen LogP contribution in [0.25, 0.3) is 27.6 Å². The number of para-hydroxylation sites is 3. The maximum absolute atomic E-state index is 4.79. The van der Waals surface area contributed by atoms with Crippen LogP contribution in [0.2, 0.25) is 0 Å². The summed E-state index contributed by atoms with van der Waals surface area (Å²) >= 11 is 1.64. The summed E-state index contributed by atoms with van der Waals surface area (Å²) in [4.78, 5) is 9.47. The molecule has 0 radical (unpaired) electrons. The highest BCUT2D eigenvalue weighted by atomic mass is 32.2. The largest absolute Gasteiger partial charge is 0.270 e. The molecule has 0 atom stereocenters. The van der Waals surface area contributed by atoms with Crippen LogP contribution in [0.3, 0.4) is 0 Å². The Morgan fingerprint density at radius 2 is 1.63 bits per heavy atom. The number of hydrogen-bond donors (Lipinski definition) is 0. The van der Waals surface area contributed by atoms with Gasteiger partial charge in [-0.05, 0) is 43.7 Å². The summed E-state index contributed by atoms with van der Waals surface area (Å²) in [6.45, 7) is 4.12. The average molecular weight is 371 g/mol. The van der Waals surface area contributed by atoms with Crippen molar-refractivity contribution in [2.75, 3.05) is 0 Å².